The third-order valence-electron chi connectivity index (χ3n) is 5.00. The number of hydrogen-bond acceptors (Lipinski definition) is 6. The number of hydrogen-bond donors (Lipinski definition) is 0. The van der Waals surface area contributed by atoms with Crippen LogP contribution in [0.5, 0.6) is 5.75 Å². The van der Waals surface area contributed by atoms with Gasteiger partial charge in [0.25, 0.3) is 0 Å². The summed E-state index contributed by atoms with van der Waals surface area (Å²) in [6.07, 6.45) is 4.49. The molecule has 0 N–H and O–H groups in total. The zero-order valence-electron chi connectivity index (χ0n) is 15.6. The van der Waals surface area contributed by atoms with Gasteiger partial charge in [-0.15, -0.1) is 5.10 Å². The van der Waals surface area contributed by atoms with E-state index in [1.807, 2.05) is 22.9 Å². The van der Waals surface area contributed by atoms with E-state index in [2.05, 4.69) is 11.0 Å². The lowest BCUT2D eigenvalue weighted by molar-refractivity contribution is -0.116. The number of para-hydroxylation sites is 1. The summed E-state index contributed by atoms with van der Waals surface area (Å²) in [5, 5.41) is 5.42. The second-order valence-electron chi connectivity index (χ2n) is 7.20. The number of aromatic nitrogens is 2. The average molecular weight is 405 g/mol. The quantitative estimate of drug-likeness (QED) is 0.626. The molecule has 6 nitrogen and oxygen atoms in total. The minimum atomic E-state index is 0.0430. The van der Waals surface area contributed by atoms with Crippen LogP contribution in [-0.2, 0) is 18.0 Å². The highest BCUT2D eigenvalue weighted by Crippen LogP contribution is 2.34. The van der Waals surface area contributed by atoms with E-state index in [-0.39, 0.29) is 5.91 Å². The second kappa shape index (κ2) is 7.69. The Balaban J connectivity index is 1.54. The SMILES string of the molecule is COc1ccccc1CN(Cn1nc(N(C(C)=O)C2CC2)sc1=S)C1CC1. The van der Waals surface area contributed by atoms with E-state index < -0.39 is 0 Å². The normalized spacial score (nSPS) is 16.6. The summed E-state index contributed by atoms with van der Waals surface area (Å²) in [7, 11) is 1.71. The maximum Gasteiger partial charge on any atom is 0.225 e. The molecule has 0 aliphatic heterocycles. The fourth-order valence-electron chi connectivity index (χ4n) is 3.32. The molecule has 144 valence electrons. The van der Waals surface area contributed by atoms with Crippen molar-refractivity contribution in [1.29, 1.82) is 0 Å². The summed E-state index contributed by atoms with van der Waals surface area (Å²) in [6.45, 7) is 3.03. The lowest BCUT2D eigenvalue weighted by Gasteiger charge is -2.23. The predicted molar refractivity (Wildman–Crippen MR) is 109 cm³/mol. The van der Waals surface area contributed by atoms with Gasteiger partial charge in [-0.3, -0.25) is 14.6 Å². The molecule has 0 atom stereocenters. The van der Waals surface area contributed by atoms with E-state index in [0.717, 1.165) is 35.8 Å². The molecule has 1 aromatic carbocycles. The van der Waals surface area contributed by atoms with Crippen molar-refractivity contribution in [2.24, 2.45) is 0 Å². The van der Waals surface area contributed by atoms with Gasteiger partial charge in [-0.1, -0.05) is 29.5 Å². The Labute approximate surface area is 168 Å². The first-order valence-electron chi connectivity index (χ1n) is 9.30. The number of rotatable bonds is 8. The van der Waals surface area contributed by atoms with Crippen LogP contribution in [0.25, 0.3) is 0 Å². The molecule has 0 bridgehead atoms. The molecule has 2 aliphatic carbocycles. The minimum Gasteiger partial charge on any atom is -0.496 e. The van der Waals surface area contributed by atoms with E-state index in [4.69, 9.17) is 22.1 Å². The van der Waals surface area contributed by atoms with Crippen LogP contribution >= 0.6 is 23.6 Å². The van der Waals surface area contributed by atoms with Crippen molar-refractivity contribution in [2.45, 2.75) is 57.9 Å². The molecule has 0 radical (unpaired) electrons. The average Bonchev–Trinajstić information content (AvgIpc) is 3.55. The molecular formula is C19H24N4O2S2. The minimum absolute atomic E-state index is 0.0430. The number of methoxy groups -OCH3 is 1. The molecule has 2 fully saturated rings. The number of amides is 1. The first-order valence-corrected chi connectivity index (χ1v) is 10.5. The van der Waals surface area contributed by atoms with Gasteiger partial charge < -0.3 is 4.74 Å². The summed E-state index contributed by atoms with van der Waals surface area (Å²) >= 11 is 6.98. The van der Waals surface area contributed by atoms with Crippen LogP contribution in [0.3, 0.4) is 0 Å². The van der Waals surface area contributed by atoms with Gasteiger partial charge in [0.15, 0.2) is 3.95 Å². The fourth-order valence-corrected chi connectivity index (χ4v) is 4.52. The fraction of sp³-hybridized carbons (Fsp3) is 0.526. The number of nitrogens with zero attached hydrogens (tertiary/aromatic N) is 4. The second-order valence-corrected chi connectivity index (χ2v) is 8.80. The van der Waals surface area contributed by atoms with Gasteiger partial charge in [0.1, 0.15) is 5.75 Å². The molecule has 2 aliphatic rings. The predicted octanol–water partition coefficient (Wildman–Crippen LogP) is 3.82. The zero-order chi connectivity index (χ0) is 19.0. The Kier molecular flexibility index (Phi) is 5.29. The first kappa shape index (κ1) is 18.6. The summed E-state index contributed by atoms with van der Waals surface area (Å²) < 4.78 is 8.08. The molecule has 2 aromatic rings. The molecule has 4 rings (SSSR count). The van der Waals surface area contributed by atoms with Gasteiger partial charge in [-0.2, -0.15) is 0 Å². The molecule has 1 aromatic heterocycles. The van der Waals surface area contributed by atoms with Crippen molar-refractivity contribution in [3.05, 3.63) is 33.8 Å². The van der Waals surface area contributed by atoms with Gasteiger partial charge in [-0.25, -0.2) is 4.68 Å². The molecule has 0 spiro atoms. The van der Waals surface area contributed by atoms with Crippen LogP contribution in [0.1, 0.15) is 38.2 Å². The highest BCUT2D eigenvalue weighted by Gasteiger charge is 2.35. The molecular weight excluding hydrogens is 380 g/mol. The van der Waals surface area contributed by atoms with Crippen LogP contribution < -0.4 is 9.64 Å². The van der Waals surface area contributed by atoms with Crippen molar-refractivity contribution >= 4 is 34.6 Å². The smallest absolute Gasteiger partial charge is 0.225 e. The number of carbonyl (C=O) groups is 1. The van der Waals surface area contributed by atoms with Crippen molar-refractivity contribution < 1.29 is 9.53 Å². The van der Waals surface area contributed by atoms with Crippen molar-refractivity contribution in [2.75, 3.05) is 12.0 Å². The Hall–Kier alpha value is -1.77. The van der Waals surface area contributed by atoms with Crippen LogP contribution in [0, 0.1) is 3.95 Å². The summed E-state index contributed by atoms with van der Waals surface area (Å²) in [5.41, 5.74) is 1.16. The van der Waals surface area contributed by atoms with E-state index in [9.17, 15) is 4.79 Å². The van der Waals surface area contributed by atoms with Gasteiger partial charge in [0.2, 0.25) is 11.0 Å². The standard InChI is InChI=1S/C19H24N4O2S2/c1-13(24)23(16-9-10-16)18-20-22(19(26)27-18)12-21(15-7-8-15)11-14-5-3-4-6-17(14)25-2/h3-6,15-16H,7-12H2,1-2H3. The first-order chi connectivity index (χ1) is 13.1. The van der Waals surface area contributed by atoms with Gasteiger partial charge in [0, 0.05) is 31.1 Å². The molecule has 1 amide bonds. The molecule has 8 heteroatoms. The van der Waals surface area contributed by atoms with Gasteiger partial charge in [-0.05, 0) is 44.0 Å². The lowest BCUT2D eigenvalue weighted by atomic mass is 10.2. The van der Waals surface area contributed by atoms with Crippen molar-refractivity contribution in [1.82, 2.24) is 14.7 Å². The number of ether oxygens (including phenoxy) is 1. The third-order valence-corrected chi connectivity index (χ3v) is 6.30. The third kappa shape index (κ3) is 4.23. The number of anilines is 1. The van der Waals surface area contributed by atoms with Crippen LogP contribution in [0.15, 0.2) is 24.3 Å². The van der Waals surface area contributed by atoms with Crippen molar-refractivity contribution in [3.8, 4) is 5.75 Å². The largest absolute Gasteiger partial charge is 0.496 e. The van der Waals surface area contributed by atoms with E-state index in [1.165, 1.54) is 24.2 Å². The maximum absolute atomic E-state index is 12.0. The highest BCUT2D eigenvalue weighted by molar-refractivity contribution is 7.73. The maximum atomic E-state index is 12.0. The lowest BCUT2D eigenvalue weighted by Crippen LogP contribution is -2.32. The Morgan fingerprint density at radius 3 is 2.63 bits per heavy atom. The van der Waals surface area contributed by atoms with Gasteiger partial charge in [0.05, 0.1) is 13.8 Å². The van der Waals surface area contributed by atoms with Gasteiger partial charge >= 0.3 is 0 Å². The number of benzene rings is 1. The Morgan fingerprint density at radius 2 is 2.00 bits per heavy atom. The molecule has 27 heavy (non-hydrogen) atoms. The Bertz CT molecular complexity index is 886. The van der Waals surface area contributed by atoms with Crippen LogP contribution in [0.4, 0.5) is 5.13 Å². The van der Waals surface area contributed by atoms with E-state index in [0.29, 0.717) is 22.7 Å². The highest BCUT2D eigenvalue weighted by atomic mass is 32.1. The van der Waals surface area contributed by atoms with Crippen molar-refractivity contribution in [3.63, 3.8) is 0 Å². The van der Waals surface area contributed by atoms with E-state index in [1.54, 1.807) is 18.9 Å². The molecule has 0 saturated heterocycles. The molecule has 2 saturated carbocycles. The zero-order valence-corrected chi connectivity index (χ0v) is 17.3. The van der Waals surface area contributed by atoms with Crippen LogP contribution in [-0.4, -0.2) is 39.8 Å². The summed E-state index contributed by atoms with van der Waals surface area (Å²) in [5.74, 6) is 0.948. The Morgan fingerprint density at radius 1 is 1.30 bits per heavy atom. The number of carbonyl (C=O) groups excluding carboxylic acids is 1. The van der Waals surface area contributed by atoms with E-state index >= 15 is 0 Å². The summed E-state index contributed by atoms with van der Waals surface area (Å²) in [4.78, 5) is 16.2. The monoisotopic (exact) mass is 404 g/mol. The summed E-state index contributed by atoms with van der Waals surface area (Å²) in [6, 6.07) is 8.97. The molecule has 1 heterocycles. The topological polar surface area (TPSA) is 50.6 Å². The molecule has 0 unspecified atom stereocenters. The van der Waals surface area contributed by atoms with Crippen LogP contribution in [0.2, 0.25) is 0 Å².